The Hall–Kier alpha value is -1.39. The minimum absolute atomic E-state index is 0.00532. The normalized spacial score (nSPS) is 18.7. The zero-order valence-electron chi connectivity index (χ0n) is 10.6. The molecule has 0 aliphatic carbocycles. The molecule has 2 rings (SSSR count). The minimum Gasteiger partial charge on any atom is -0.480 e. The number of likely N-dealkylation sites (N-methyl/N-ethyl adjacent to an activating group) is 1. The fourth-order valence-corrected chi connectivity index (χ4v) is 2.36. The third-order valence-electron chi connectivity index (χ3n) is 3.32. The summed E-state index contributed by atoms with van der Waals surface area (Å²) in [5.41, 5.74) is 2.52. The van der Waals surface area contributed by atoms with E-state index in [1.165, 1.54) is 11.1 Å². The summed E-state index contributed by atoms with van der Waals surface area (Å²) in [6.07, 6.45) is 0.937. The zero-order chi connectivity index (χ0) is 13.0. The number of carboxylic acids is 1. The van der Waals surface area contributed by atoms with Crippen LogP contribution in [0, 0.1) is 0 Å². The lowest BCUT2D eigenvalue weighted by Gasteiger charge is -2.30. The number of fused-ring (bicyclic) bond motifs is 1. The van der Waals surface area contributed by atoms with E-state index in [9.17, 15) is 4.79 Å². The lowest BCUT2D eigenvalue weighted by Crippen LogP contribution is -2.35. The van der Waals surface area contributed by atoms with Crippen LogP contribution in [-0.4, -0.2) is 42.2 Å². The average Bonchev–Trinajstić information content (AvgIpc) is 2.38. The molecule has 4 heteroatoms. The maximum absolute atomic E-state index is 10.8. The molecule has 0 spiro atoms. The van der Waals surface area contributed by atoms with Crippen LogP contribution < -0.4 is 0 Å². The molecule has 1 unspecified atom stereocenters. The lowest BCUT2D eigenvalue weighted by atomic mass is 9.97. The van der Waals surface area contributed by atoms with Gasteiger partial charge in [0.2, 0.25) is 0 Å². The molecule has 0 saturated carbocycles. The van der Waals surface area contributed by atoms with Crippen LogP contribution in [0.15, 0.2) is 24.3 Å². The van der Waals surface area contributed by atoms with Crippen LogP contribution in [0.4, 0.5) is 0 Å². The second kappa shape index (κ2) is 5.98. The number of carboxylic acid groups (broad SMARTS) is 1. The van der Waals surface area contributed by atoms with Crippen molar-refractivity contribution in [3.05, 3.63) is 35.4 Å². The number of ether oxygens (including phenoxy) is 1. The number of aliphatic carboxylic acids is 1. The standard InChI is InChI=1S/C14H19NO3/c1-2-15(10-14(16)17)9-13-12-6-4-3-5-11(12)7-8-18-13/h3-6,13H,2,7-10H2,1H3,(H,16,17). The largest absolute Gasteiger partial charge is 0.480 e. The Kier molecular flexibility index (Phi) is 4.33. The van der Waals surface area contributed by atoms with Crippen molar-refractivity contribution >= 4 is 5.97 Å². The summed E-state index contributed by atoms with van der Waals surface area (Å²) in [4.78, 5) is 12.7. The quantitative estimate of drug-likeness (QED) is 0.863. The highest BCUT2D eigenvalue weighted by atomic mass is 16.5. The van der Waals surface area contributed by atoms with E-state index in [4.69, 9.17) is 9.84 Å². The molecule has 18 heavy (non-hydrogen) atoms. The maximum atomic E-state index is 10.8. The number of nitrogens with zero attached hydrogens (tertiary/aromatic N) is 1. The molecule has 0 saturated heterocycles. The second-order valence-electron chi connectivity index (χ2n) is 4.53. The summed E-state index contributed by atoms with van der Waals surface area (Å²) in [7, 11) is 0. The van der Waals surface area contributed by atoms with Gasteiger partial charge in [0.15, 0.2) is 0 Å². The van der Waals surface area contributed by atoms with Crippen molar-refractivity contribution < 1.29 is 14.6 Å². The summed E-state index contributed by atoms with van der Waals surface area (Å²) < 4.78 is 5.78. The Morgan fingerprint density at radius 1 is 1.50 bits per heavy atom. The molecule has 0 fully saturated rings. The topological polar surface area (TPSA) is 49.8 Å². The highest BCUT2D eigenvalue weighted by molar-refractivity contribution is 5.69. The van der Waals surface area contributed by atoms with E-state index in [-0.39, 0.29) is 12.6 Å². The van der Waals surface area contributed by atoms with E-state index in [1.807, 2.05) is 24.0 Å². The van der Waals surface area contributed by atoms with Gasteiger partial charge in [-0.2, -0.15) is 0 Å². The van der Waals surface area contributed by atoms with Gasteiger partial charge in [-0.15, -0.1) is 0 Å². The van der Waals surface area contributed by atoms with Crippen molar-refractivity contribution in [2.45, 2.75) is 19.4 Å². The first-order valence-corrected chi connectivity index (χ1v) is 6.34. The lowest BCUT2D eigenvalue weighted by molar-refractivity contribution is -0.138. The SMILES string of the molecule is CCN(CC(=O)O)CC1OCCc2ccccc21. The molecule has 1 aliphatic heterocycles. The number of hydrogen-bond acceptors (Lipinski definition) is 3. The van der Waals surface area contributed by atoms with Gasteiger partial charge in [0.1, 0.15) is 0 Å². The first-order valence-electron chi connectivity index (χ1n) is 6.34. The highest BCUT2D eigenvalue weighted by Crippen LogP contribution is 2.27. The maximum Gasteiger partial charge on any atom is 0.317 e. The van der Waals surface area contributed by atoms with Gasteiger partial charge in [-0.1, -0.05) is 31.2 Å². The second-order valence-corrected chi connectivity index (χ2v) is 4.53. The molecular formula is C14H19NO3. The molecule has 1 atom stereocenters. The monoisotopic (exact) mass is 249 g/mol. The molecule has 0 bridgehead atoms. The number of benzene rings is 1. The van der Waals surface area contributed by atoms with Crippen molar-refractivity contribution in [2.24, 2.45) is 0 Å². The van der Waals surface area contributed by atoms with Crippen LogP contribution in [0.2, 0.25) is 0 Å². The van der Waals surface area contributed by atoms with Gasteiger partial charge in [-0.3, -0.25) is 9.69 Å². The number of hydrogen-bond donors (Lipinski definition) is 1. The predicted octanol–water partition coefficient (Wildman–Crippen LogP) is 1.71. The van der Waals surface area contributed by atoms with Crippen LogP contribution in [0.3, 0.4) is 0 Å². The van der Waals surface area contributed by atoms with E-state index < -0.39 is 5.97 Å². The van der Waals surface area contributed by atoms with Crippen molar-refractivity contribution in [2.75, 3.05) is 26.2 Å². The van der Waals surface area contributed by atoms with Crippen LogP contribution in [0.5, 0.6) is 0 Å². The zero-order valence-corrected chi connectivity index (χ0v) is 10.6. The molecule has 1 aliphatic rings. The van der Waals surface area contributed by atoms with E-state index in [0.29, 0.717) is 19.7 Å². The van der Waals surface area contributed by atoms with Gasteiger partial charge in [-0.25, -0.2) is 0 Å². The van der Waals surface area contributed by atoms with E-state index in [0.717, 1.165) is 6.42 Å². The van der Waals surface area contributed by atoms with Crippen LogP contribution >= 0.6 is 0 Å². The molecule has 1 N–H and O–H groups in total. The molecule has 0 radical (unpaired) electrons. The minimum atomic E-state index is -0.791. The summed E-state index contributed by atoms with van der Waals surface area (Å²) in [6, 6.07) is 8.25. The predicted molar refractivity (Wildman–Crippen MR) is 68.6 cm³/mol. The van der Waals surface area contributed by atoms with Gasteiger partial charge in [0.05, 0.1) is 19.3 Å². The first-order chi connectivity index (χ1) is 8.70. The molecule has 98 valence electrons. The Labute approximate surface area is 107 Å². The Bertz CT molecular complexity index is 419. The fourth-order valence-electron chi connectivity index (χ4n) is 2.36. The summed E-state index contributed by atoms with van der Waals surface area (Å²) >= 11 is 0. The Morgan fingerprint density at radius 3 is 3.00 bits per heavy atom. The Balaban J connectivity index is 2.08. The van der Waals surface area contributed by atoms with Crippen molar-refractivity contribution in [1.82, 2.24) is 4.90 Å². The number of carbonyl (C=O) groups is 1. The van der Waals surface area contributed by atoms with E-state index >= 15 is 0 Å². The van der Waals surface area contributed by atoms with Gasteiger partial charge in [0, 0.05) is 6.54 Å². The van der Waals surface area contributed by atoms with Gasteiger partial charge in [0.25, 0.3) is 0 Å². The van der Waals surface area contributed by atoms with Crippen molar-refractivity contribution in [1.29, 1.82) is 0 Å². The molecular weight excluding hydrogens is 230 g/mol. The van der Waals surface area contributed by atoms with Gasteiger partial charge in [-0.05, 0) is 24.1 Å². The molecule has 1 aromatic carbocycles. The summed E-state index contributed by atoms with van der Waals surface area (Å²) in [6.45, 7) is 4.11. The van der Waals surface area contributed by atoms with Gasteiger partial charge < -0.3 is 9.84 Å². The Morgan fingerprint density at radius 2 is 2.28 bits per heavy atom. The highest BCUT2D eigenvalue weighted by Gasteiger charge is 2.23. The summed E-state index contributed by atoms with van der Waals surface area (Å²) in [5, 5.41) is 8.86. The summed E-state index contributed by atoms with van der Waals surface area (Å²) in [5.74, 6) is -0.791. The smallest absolute Gasteiger partial charge is 0.317 e. The van der Waals surface area contributed by atoms with Gasteiger partial charge >= 0.3 is 5.97 Å². The van der Waals surface area contributed by atoms with Crippen LogP contribution in [-0.2, 0) is 16.0 Å². The molecule has 0 aromatic heterocycles. The van der Waals surface area contributed by atoms with Crippen LogP contribution in [0.25, 0.3) is 0 Å². The average molecular weight is 249 g/mol. The van der Waals surface area contributed by atoms with E-state index in [2.05, 4.69) is 12.1 Å². The molecule has 1 heterocycles. The third-order valence-corrected chi connectivity index (χ3v) is 3.32. The molecule has 4 nitrogen and oxygen atoms in total. The molecule has 0 amide bonds. The van der Waals surface area contributed by atoms with Crippen LogP contribution in [0.1, 0.15) is 24.2 Å². The van der Waals surface area contributed by atoms with Crippen molar-refractivity contribution in [3.8, 4) is 0 Å². The van der Waals surface area contributed by atoms with Crippen molar-refractivity contribution in [3.63, 3.8) is 0 Å². The fraction of sp³-hybridized carbons (Fsp3) is 0.500. The third kappa shape index (κ3) is 3.09. The first kappa shape index (κ1) is 13.1. The molecule has 1 aromatic rings. The van der Waals surface area contributed by atoms with E-state index in [1.54, 1.807) is 0 Å². The number of rotatable bonds is 5.